The maximum atomic E-state index is 11.6. The van der Waals surface area contributed by atoms with Crippen molar-refractivity contribution in [3.8, 4) is 11.1 Å². The second kappa shape index (κ2) is 4.12. The molecule has 5 nitrogen and oxygen atoms in total. The molecule has 1 aromatic carbocycles. The molecule has 0 radical (unpaired) electrons. The number of nitrogens with zero attached hydrogens (tertiary/aromatic N) is 2. The molecule has 2 N–H and O–H groups in total. The van der Waals surface area contributed by atoms with Crippen molar-refractivity contribution in [2.24, 2.45) is 0 Å². The van der Waals surface area contributed by atoms with Crippen LogP contribution in [0.2, 0.25) is 0 Å². The van der Waals surface area contributed by atoms with E-state index in [4.69, 9.17) is 0 Å². The van der Waals surface area contributed by atoms with Gasteiger partial charge in [-0.15, -0.1) is 0 Å². The van der Waals surface area contributed by atoms with E-state index in [-0.39, 0.29) is 12.3 Å². The molecular weight excluding hydrogens is 230 g/mol. The fourth-order valence-corrected chi connectivity index (χ4v) is 1.98. The molecule has 0 aliphatic rings. The Labute approximate surface area is 102 Å². The van der Waals surface area contributed by atoms with Crippen molar-refractivity contribution < 1.29 is 5.11 Å². The minimum atomic E-state index is -0.308. The Hall–Kier alpha value is -2.40. The molecular formula is C13H11N3O2. The van der Waals surface area contributed by atoms with Crippen LogP contribution in [0, 0.1) is 0 Å². The maximum absolute atomic E-state index is 11.6. The smallest absolute Gasteiger partial charge is 0.347 e. The molecule has 3 aromatic rings. The normalized spacial score (nSPS) is 10.9. The Morgan fingerprint density at radius 1 is 1.22 bits per heavy atom. The van der Waals surface area contributed by atoms with Gasteiger partial charge < -0.3 is 5.11 Å². The summed E-state index contributed by atoms with van der Waals surface area (Å²) in [5.41, 5.74) is 2.63. The second-order valence-corrected chi connectivity index (χ2v) is 4.00. The topological polar surface area (TPSA) is 70.4 Å². The van der Waals surface area contributed by atoms with Gasteiger partial charge in [0.2, 0.25) is 0 Å². The second-order valence-electron chi connectivity index (χ2n) is 4.00. The van der Waals surface area contributed by atoms with E-state index in [9.17, 15) is 9.90 Å². The number of rotatable bonds is 2. The van der Waals surface area contributed by atoms with Gasteiger partial charge in [0.05, 0.1) is 6.61 Å². The lowest BCUT2D eigenvalue weighted by atomic mass is 10.1. The summed E-state index contributed by atoms with van der Waals surface area (Å²) in [5, 5.41) is 15.6. The third-order valence-corrected chi connectivity index (χ3v) is 2.87. The zero-order chi connectivity index (χ0) is 12.5. The Morgan fingerprint density at radius 2 is 2.00 bits per heavy atom. The van der Waals surface area contributed by atoms with Crippen LogP contribution in [0.4, 0.5) is 0 Å². The molecule has 0 unspecified atom stereocenters. The van der Waals surface area contributed by atoms with Crippen molar-refractivity contribution in [2.45, 2.75) is 6.61 Å². The van der Waals surface area contributed by atoms with Gasteiger partial charge in [-0.2, -0.15) is 5.10 Å². The summed E-state index contributed by atoms with van der Waals surface area (Å²) < 4.78 is 1.41. The number of hydrogen-bond acceptors (Lipinski definition) is 3. The molecule has 90 valence electrons. The molecule has 18 heavy (non-hydrogen) atoms. The predicted molar refractivity (Wildman–Crippen MR) is 67.2 cm³/mol. The molecule has 0 atom stereocenters. The third kappa shape index (κ3) is 1.61. The summed E-state index contributed by atoms with van der Waals surface area (Å²) in [6.07, 6.45) is 1.72. The molecule has 0 fully saturated rings. The highest BCUT2D eigenvalue weighted by molar-refractivity contribution is 5.66. The van der Waals surface area contributed by atoms with Crippen molar-refractivity contribution in [2.75, 3.05) is 0 Å². The van der Waals surface area contributed by atoms with Crippen LogP contribution in [0.25, 0.3) is 16.8 Å². The molecule has 0 spiro atoms. The number of benzene rings is 1. The fraction of sp³-hybridized carbons (Fsp3) is 0.0769. The first-order valence-electron chi connectivity index (χ1n) is 5.55. The van der Waals surface area contributed by atoms with E-state index in [1.165, 1.54) is 4.40 Å². The molecule has 0 aliphatic carbocycles. The van der Waals surface area contributed by atoms with E-state index in [0.29, 0.717) is 11.2 Å². The van der Waals surface area contributed by atoms with Crippen LogP contribution in [0.3, 0.4) is 0 Å². The van der Waals surface area contributed by atoms with Crippen molar-refractivity contribution in [3.63, 3.8) is 0 Å². The highest BCUT2D eigenvalue weighted by Crippen LogP contribution is 2.21. The number of hydrogen-bond donors (Lipinski definition) is 2. The number of H-pyrrole nitrogens is 1. The number of aromatic amines is 1. The van der Waals surface area contributed by atoms with Crippen LogP contribution >= 0.6 is 0 Å². The number of aromatic nitrogens is 3. The Bertz CT molecular complexity index is 744. The summed E-state index contributed by atoms with van der Waals surface area (Å²) in [4.78, 5) is 11.6. The molecule has 0 aliphatic heterocycles. The van der Waals surface area contributed by atoms with Gasteiger partial charge in [-0.05, 0) is 17.2 Å². The average molecular weight is 241 g/mol. The Kier molecular flexibility index (Phi) is 2.46. The molecule has 0 amide bonds. The van der Waals surface area contributed by atoms with Crippen LogP contribution in [-0.2, 0) is 6.61 Å². The van der Waals surface area contributed by atoms with Gasteiger partial charge >= 0.3 is 5.69 Å². The molecule has 2 aromatic heterocycles. The number of nitrogens with one attached hydrogen (secondary N) is 1. The third-order valence-electron chi connectivity index (χ3n) is 2.87. The molecule has 2 heterocycles. The van der Waals surface area contributed by atoms with E-state index >= 15 is 0 Å². The predicted octanol–water partition coefficient (Wildman–Crippen LogP) is 1.18. The summed E-state index contributed by atoms with van der Waals surface area (Å²) in [7, 11) is 0. The largest absolute Gasteiger partial charge is 0.392 e. The summed E-state index contributed by atoms with van der Waals surface area (Å²) in [5.74, 6) is 0. The van der Waals surface area contributed by atoms with Crippen LogP contribution in [0.5, 0.6) is 0 Å². The van der Waals surface area contributed by atoms with Gasteiger partial charge in [-0.3, -0.25) is 0 Å². The zero-order valence-corrected chi connectivity index (χ0v) is 9.50. The van der Waals surface area contributed by atoms with Gasteiger partial charge in [-0.25, -0.2) is 14.3 Å². The van der Waals surface area contributed by atoms with E-state index < -0.39 is 0 Å². The lowest BCUT2D eigenvalue weighted by Crippen LogP contribution is -2.09. The van der Waals surface area contributed by atoms with Crippen molar-refractivity contribution in [3.05, 3.63) is 58.6 Å². The van der Waals surface area contributed by atoms with E-state index in [0.717, 1.165) is 11.1 Å². The van der Waals surface area contributed by atoms with Crippen molar-refractivity contribution in [1.82, 2.24) is 14.6 Å². The van der Waals surface area contributed by atoms with Gasteiger partial charge in [0.1, 0.15) is 0 Å². The number of fused-ring (bicyclic) bond motifs is 1. The average Bonchev–Trinajstić information content (AvgIpc) is 2.81. The van der Waals surface area contributed by atoms with Gasteiger partial charge in [0.15, 0.2) is 5.65 Å². The Balaban J connectivity index is 2.31. The summed E-state index contributed by atoms with van der Waals surface area (Å²) >= 11 is 0. The highest BCUT2D eigenvalue weighted by atomic mass is 16.3. The lowest BCUT2D eigenvalue weighted by Gasteiger charge is -2.05. The molecule has 3 rings (SSSR count). The highest BCUT2D eigenvalue weighted by Gasteiger charge is 2.08. The minimum Gasteiger partial charge on any atom is -0.392 e. The SMILES string of the molecule is O=c1[nH]nc2c(CO)cc(-c3ccccc3)cn12. The van der Waals surface area contributed by atoms with Crippen LogP contribution in [0.1, 0.15) is 5.56 Å². The summed E-state index contributed by atoms with van der Waals surface area (Å²) in [6, 6.07) is 11.5. The van der Waals surface area contributed by atoms with Crippen LogP contribution < -0.4 is 5.69 Å². The number of aliphatic hydroxyl groups is 1. The summed E-state index contributed by atoms with van der Waals surface area (Å²) in [6.45, 7) is -0.158. The quantitative estimate of drug-likeness (QED) is 0.707. The number of aliphatic hydroxyl groups excluding tert-OH is 1. The molecule has 0 saturated carbocycles. The van der Waals surface area contributed by atoms with Gasteiger partial charge in [0, 0.05) is 11.8 Å². The molecule has 0 saturated heterocycles. The van der Waals surface area contributed by atoms with E-state index in [1.807, 2.05) is 36.4 Å². The van der Waals surface area contributed by atoms with E-state index in [1.54, 1.807) is 6.20 Å². The van der Waals surface area contributed by atoms with Crippen LogP contribution in [0.15, 0.2) is 47.4 Å². The fourth-order valence-electron chi connectivity index (χ4n) is 1.98. The number of pyridine rings is 1. The first-order chi connectivity index (χ1) is 8.79. The van der Waals surface area contributed by atoms with Gasteiger partial charge in [-0.1, -0.05) is 30.3 Å². The standard InChI is InChI=1S/C13H11N3O2/c17-8-11-6-10(9-4-2-1-3-5-9)7-16-12(11)14-15-13(16)18/h1-7,17H,8H2,(H,15,18). The first-order valence-corrected chi connectivity index (χ1v) is 5.55. The maximum Gasteiger partial charge on any atom is 0.347 e. The van der Waals surface area contributed by atoms with Gasteiger partial charge in [0.25, 0.3) is 0 Å². The van der Waals surface area contributed by atoms with E-state index in [2.05, 4.69) is 10.2 Å². The molecule has 0 bridgehead atoms. The Morgan fingerprint density at radius 3 is 2.72 bits per heavy atom. The minimum absolute atomic E-state index is 0.158. The molecule has 5 heteroatoms. The van der Waals surface area contributed by atoms with Crippen molar-refractivity contribution in [1.29, 1.82) is 0 Å². The van der Waals surface area contributed by atoms with Crippen molar-refractivity contribution >= 4 is 5.65 Å². The lowest BCUT2D eigenvalue weighted by molar-refractivity contribution is 0.282. The monoisotopic (exact) mass is 241 g/mol. The van der Waals surface area contributed by atoms with Crippen LogP contribution in [-0.4, -0.2) is 19.7 Å². The zero-order valence-electron chi connectivity index (χ0n) is 9.50. The first kappa shape index (κ1) is 10.7.